The zero-order valence-electron chi connectivity index (χ0n) is 11.8. The molecule has 5 nitrogen and oxygen atoms in total. The van der Waals surface area contributed by atoms with E-state index < -0.39 is 0 Å². The van der Waals surface area contributed by atoms with Crippen LogP contribution < -0.4 is 11.1 Å². The molecule has 2 heterocycles. The van der Waals surface area contributed by atoms with E-state index in [1.165, 1.54) is 0 Å². The molecular weight excluding hydrogens is 274 g/mol. The Labute approximate surface area is 127 Å². The number of aliphatic imine (C=N–C) groups is 1. The van der Waals surface area contributed by atoms with Gasteiger partial charge in [-0.2, -0.15) is 0 Å². The van der Waals surface area contributed by atoms with Crippen LogP contribution in [0, 0.1) is 0 Å². The Kier molecular flexibility index (Phi) is 2.89. The van der Waals surface area contributed by atoms with E-state index in [2.05, 4.69) is 27.4 Å². The molecule has 3 aromatic rings. The second-order valence-electron chi connectivity index (χ2n) is 5.12. The maximum absolute atomic E-state index is 5.88. The van der Waals surface area contributed by atoms with Gasteiger partial charge < -0.3 is 5.73 Å². The molecule has 0 bridgehead atoms. The smallest absolute Gasteiger partial charge is 0.212 e. The number of guanidine groups is 1. The van der Waals surface area contributed by atoms with Crippen molar-refractivity contribution in [3.8, 4) is 0 Å². The molecule has 0 spiro atoms. The van der Waals surface area contributed by atoms with Crippen LogP contribution in [0.2, 0.25) is 0 Å². The van der Waals surface area contributed by atoms with Gasteiger partial charge in [0.25, 0.3) is 0 Å². The molecule has 2 aromatic carbocycles. The first-order valence-corrected chi connectivity index (χ1v) is 7.12. The van der Waals surface area contributed by atoms with Crippen molar-refractivity contribution in [2.24, 2.45) is 10.7 Å². The van der Waals surface area contributed by atoms with Crippen molar-refractivity contribution in [3.05, 3.63) is 66.2 Å². The van der Waals surface area contributed by atoms with Crippen LogP contribution in [0.3, 0.4) is 0 Å². The Morgan fingerprint density at radius 3 is 2.68 bits per heavy atom. The molecule has 5 heteroatoms. The molecule has 1 aliphatic heterocycles. The molecule has 1 aromatic heterocycles. The monoisotopic (exact) mass is 289 g/mol. The van der Waals surface area contributed by atoms with E-state index in [-0.39, 0.29) is 6.17 Å². The Hall–Kier alpha value is -3.08. The Bertz CT molecular complexity index is 876. The topological polar surface area (TPSA) is 68.2 Å². The first-order chi connectivity index (χ1) is 10.8. The third-order valence-electron chi connectivity index (χ3n) is 3.63. The summed E-state index contributed by atoms with van der Waals surface area (Å²) in [5.74, 6) is 1.10. The normalized spacial score (nSPS) is 17.3. The van der Waals surface area contributed by atoms with Gasteiger partial charge in [-0.1, -0.05) is 48.5 Å². The number of para-hydroxylation sites is 2. The summed E-state index contributed by atoms with van der Waals surface area (Å²) in [4.78, 5) is 9.05. The number of fused-ring (bicyclic) bond motifs is 3. The predicted molar refractivity (Wildman–Crippen MR) is 89.5 cm³/mol. The third kappa shape index (κ3) is 2.13. The molecule has 3 N–H and O–H groups in total. The van der Waals surface area contributed by atoms with Gasteiger partial charge in [-0.15, -0.1) is 0 Å². The van der Waals surface area contributed by atoms with E-state index in [0.717, 1.165) is 22.5 Å². The second kappa shape index (κ2) is 5.04. The van der Waals surface area contributed by atoms with Crippen molar-refractivity contribution in [2.75, 3.05) is 5.32 Å². The molecule has 0 radical (unpaired) electrons. The van der Waals surface area contributed by atoms with Crippen molar-refractivity contribution in [3.63, 3.8) is 0 Å². The zero-order chi connectivity index (χ0) is 14.9. The largest absolute Gasteiger partial charge is 0.370 e. The molecule has 22 heavy (non-hydrogen) atoms. The molecule has 0 saturated carbocycles. The van der Waals surface area contributed by atoms with Crippen molar-refractivity contribution in [2.45, 2.75) is 6.17 Å². The van der Waals surface area contributed by atoms with E-state index in [1.807, 2.05) is 59.2 Å². The van der Waals surface area contributed by atoms with Gasteiger partial charge in [0, 0.05) is 0 Å². The highest BCUT2D eigenvalue weighted by atomic mass is 15.4. The van der Waals surface area contributed by atoms with Crippen LogP contribution in [0.25, 0.3) is 17.1 Å². The summed E-state index contributed by atoms with van der Waals surface area (Å²) in [5.41, 5.74) is 8.96. The average Bonchev–Trinajstić information content (AvgIpc) is 2.91. The summed E-state index contributed by atoms with van der Waals surface area (Å²) < 4.78 is 2.05. The number of rotatable bonds is 2. The minimum absolute atomic E-state index is 0.205. The summed E-state index contributed by atoms with van der Waals surface area (Å²) in [5, 5.41) is 3.02. The molecule has 0 aliphatic carbocycles. The molecule has 1 aliphatic rings. The lowest BCUT2D eigenvalue weighted by molar-refractivity contribution is 0.650. The number of aromatic nitrogens is 2. The van der Waals surface area contributed by atoms with Gasteiger partial charge in [0.2, 0.25) is 5.95 Å². The molecule has 0 fully saturated rings. The number of imidazole rings is 1. The quantitative estimate of drug-likeness (QED) is 0.762. The molecular formula is C17H15N5. The predicted octanol–water partition coefficient (Wildman–Crippen LogP) is 2.99. The van der Waals surface area contributed by atoms with E-state index in [1.54, 1.807) is 0 Å². The number of anilines is 1. The van der Waals surface area contributed by atoms with Gasteiger partial charge in [-0.25, -0.2) is 9.98 Å². The van der Waals surface area contributed by atoms with Gasteiger partial charge in [-0.3, -0.25) is 9.88 Å². The van der Waals surface area contributed by atoms with E-state index in [0.29, 0.717) is 5.96 Å². The van der Waals surface area contributed by atoms with Crippen LogP contribution >= 0.6 is 0 Å². The number of nitrogens with two attached hydrogens (primary N) is 1. The van der Waals surface area contributed by atoms with Gasteiger partial charge in [-0.05, 0) is 23.8 Å². The van der Waals surface area contributed by atoms with Gasteiger partial charge in [0.1, 0.15) is 0 Å². The summed E-state index contributed by atoms with van der Waals surface area (Å²) in [6.07, 6.45) is 3.87. The summed E-state index contributed by atoms with van der Waals surface area (Å²) in [6.45, 7) is 0. The number of hydrogen-bond acceptors (Lipinski definition) is 4. The molecule has 0 saturated heterocycles. The fourth-order valence-electron chi connectivity index (χ4n) is 2.64. The Morgan fingerprint density at radius 1 is 1.05 bits per heavy atom. The summed E-state index contributed by atoms with van der Waals surface area (Å²) in [7, 11) is 0. The lowest BCUT2D eigenvalue weighted by Gasteiger charge is -2.21. The van der Waals surface area contributed by atoms with E-state index >= 15 is 0 Å². The highest BCUT2D eigenvalue weighted by Crippen LogP contribution is 2.28. The standard InChI is InChI=1S/C17H15N5/c18-16-20-15(11-10-12-6-2-1-3-7-12)22-14-9-5-4-8-13(14)19-17(22)21-16/h1-11,15H,(H3,18,19,20,21). The lowest BCUT2D eigenvalue weighted by Crippen LogP contribution is -2.30. The van der Waals surface area contributed by atoms with Crippen molar-refractivity contribution in [1.82, 2.24) is 9.55 Å². The highest BCUT2D eigenvalue weighted by molar-refractivity contribution is 5.94. The number of nitrogens with zero attached hydrogens (tertiary/aromatic N) is 3. The minimum Gasteiger partial charge on any atom is -0.370 e. The molecule has 1 unspecified atom stereocenters. The lowest BCUT2D eigenvalue weighted by atomic mass is 10.2. The van der Waals surface area contributed by atoms with Crippen LogP contribution in [0.4, 0.5) is 5.95 Å². The molecule has 4 rings (SSSR count). The second-order valence-corrected chi connectivity index (χ2v) is 5.12. The zero-order valence-corrected chi connectivity index (χ0v) is 11.8. The van der Waals surface area contributed by atoms with Crippen molar-refractivity contribution >= 4 is 29.0 Å². The SMILES string of the molecule is NC1=NC(C=Cc2ccccc2)n2c(nc3ccccc32)N1. The molecule has 108 valence electrons. The summed E-state index contributed by atoms with van der Waals surface area (Å²) in [6, 6.07) is 18.1. The Balaban J connectivity index is 1.79. The maximum atomic E-state index is 5.88. The van der Waals surface area contributed by atoms with Gasteiger partial charge in [0.15, 0.2) is 12.1 Å². The van der Waals surface area contributed by atoms with Crippen molar-refractivity contribution in [1.29, 1.82) is 0 Å². The van der Waals surface area contributed by atoms with Gasteiger partial charge >= 0.3 is 0 Å². The first-order valence-electron chi connectivity index (χ1n) is 7.12. The third-order valence-corrected chi connectivity index (χ3v) is 3.63. The minimum atomic E-state index is -0.205. The average molecular weight is 289 g/mol. The molecule has 0 amide bonds. The van der Waals surface area contributed by atoms with E-state index in [4.69, 9.17) is 5.73 Å². The number of hydrogen-bond donors (Lipinski definition) is 2. The van der Waals surface area contributed by atoms with Crippen LogP contribution in [0.15, 0.2) is 65.7 Å². The van der Waals surface area contributed by atoms with E-state index in [9.17, 15) is 0 Å². The van der Waals surface area contributed by atoms with Crippen molar-refractivity contribution < 1.29 is 0 Å². The first kappa shape index (κ1) is 12.6. The van der Waals surface area contributed by atoms with Crippen LogP contribution in [-0.4, -0.2) is 15.5 Å². The Morgan fingerprint density at radius 2 is 1.82 bits per heavy atom. The van der Waals surface area contributed by atoms with Crippen LogP contribution in [-0.2, 0) is 0 Å². The van der Waals surface area contributed by atoms with Crippen LogP contribution in [0.1, 0.15) is 11.7 Å². The fraction of sp³-hybridized carbons (Fsp3) is 0.0588. The summed E-state index contributed by atoms with van der Waals surface area (Å²) >= 11 is 0. The number of benzene rings is 2. The van der Waals surface area contributed by atoms with Crippen LogP contribution in [0.5, 0.6) is 0 Å². The molecule has 1 atom stereocenters. The fourth-order valence-corrected chi connectivity index (χ4v) is 2.64. The highest BCUT2D eigenvalue weighted by Gasteiger charge is 2.21. The number of nitrogens with one attached hydrogen (secondary N) is 1. The maximum Gasteiger partial charge on any atom is 0.212 e. The van der Waals surface area contributed by atoms with Gasteiger partial charge in [0.05, 0.1) is 11.0 Å².